The summed E-state index contributed by atoms with van der Waals surface area (Å²) in [5.74, 6) is 8.21. The molecule has 0 radical (unpaired) electrons. The SMILES string of the molecule is BrC1(Br)C[C@@H]2C3C4[C@@H]2[C@H]2[C@H]([C@@H]4[C@H]3C1)C2(Br)Br. The van der Waals surface area contributed by atoms with E-state index < -0.39 is 0 Å². The molecule has 88 valence electrons. The van der Waals surface area contributed by atoms with Gasteiger partial charge in [-0.05, 0) is 60.2 Å². The van der Waals surface area contributed by atoms with Gasteiger partial charge in [0.1, 0.15) is 0 Å². The van der Waals surface area contributed by atoms with Gasteiger partial charge in [-0.25, -0.2) is 0 Å². The van der Waals surface area contributed by atoms with Crippen LogP contribution in [0.5, 0.6) is 0 Å². The van der Waals surface area contributed by atoms with Crippen molar-refractivity contribution >= 4 is 63.7 Å². The summed E-state index contributed by atoms with van der Waals surface area (Å²) >= 11 is 15.6. The van der Waals surface area contributed by atoms with Crippen LogP contribution in [0.3, 0.4) is 0 Å². The molecular formula is C12H12Br4. The Morgan fingerprint density at radius 3 is 1.69 bits per heavy atom. The molecule has 16 heavy (non-hydrogen) atoms. The van der Waals surface area contributed by atoms with Crippen LogP contribution in [0.15, 0.2) is 0 Å². The molecule has 5 saturated carbocycles. The maximum absolute atomic E-state index is 3.93. The van der Waals surface area contributed by atoms with Crippen LogP contribution in [0, 0.1) is 47.3 Å². The number of hydrogen-bond donors (Lipinski definition) is 0. The summed E-state index contributed by atoms with van der Waals surface area (Å²) in [6.45, 7) is 0. The monoisotopic (exact) mass is 472 g/mol. The summed E-state index contributed by atoms with van der Waals surface area (Å²) in [6, 6.07) is 0. The molecule has 5 aliphatic rings. The van der Waals surface area contributed by atoms with E-state index in [1.54, 1.807) is 0 Å². The van der Waals surface area contributed by atoms with Crippen LogP contribution in [0.25, 0.3) is 0 Å². The molecule has 8 atom stereocenters. The summed E-state index contributed by atoms with van der Waals surface area (Å²) in [5, 5.41) is 0. The van der Waals surface area contributed by atoms with E-state index in [4.69, 9.17) is 0 Å². The van der Waals surface area contributed by atoms with Gasteiger partial charge in [0.15, 0.2) is 0 Å². The Bertz CT molecular complexity index is 370. The van der Waals surface area contributed by atoms with Gasteiger partial charge in [0.05, 0.1) is 6.47 Å². The zero-order valence-corrected chi connectivity index (χ0v) is 14.9. The fourth-order valence-corrected chi connectivity index (χ4v) is 9.74. The highest BCUT2D eigenvalue weighted by Gasteiger charge is 2.87. The molecule has 5 fully saturated rings. The maximum Gasteiger partial charge on any atom is 0.0874 e. The number of halogens is 4. The number of alkyl halides is 4. The highest BCUT2D eigenvalue weighted by molar-refractivity contribution is 9.25. The first-order chi connectivity index (χ1) is 7.43. The second kappa shape index (κ2) is 2.69. The molecule has 0 aliphatic heterocycles. The van der Waals surface area contributed by atoms with Crippen LogP contribution >= 0.6 is 63.7 Å². The van der Waals surface area contributed by atoms with Gasteiger partial charge in [0, 0.05) is 0 Å². The Hall–Kier alpha value is 1.92. The minimum atomic E-state index is 0.270. The third kappa shape index (κ3) is 0.924. The Labute approximate surface area is 129 Å². The molecule has 0 bridgehead atoms. The molecule has 0 nitrogen and oxygen atoms in total. The van der Waals surface area contributed by atoms with Gasteiger partial charge in [-0.2, -0.15) is 0 Å². The van der Waals surface area contributed by atoms with Crippen molar-refractivity contribution < 1.29 is 0 Å². The molecule has 0 N–H and O–H groups in total. The van der Waals surface area contributed by atoms with Crippen LogP contribution in [-0.2, 0) is 0 Å². The second-order valence-electron chi connectivity index (χ2n) is 6.63. The van der Waals surface area contributed by atoms with E-state index in [0.717, 1.165) is 47.3 Å². The quantitative estimate of drug-likeness (QED) is 0.444. The van der Waals surface area contributed by atoms with E-state index in [1.807, 2.05) is 0 Å². The molecule has 0 aromatic heterocycles. The van der Waals surface area contributed by atoms with Crippen LogP contribution in [-0.4, -0.2) is 6.47 Å². The summed E-state index contributed by atoms with van der Waals surface area (Å²) < 4.78 is 0.609. The Morgan fingerprint density at radius 1 is 0.688 bits per heavy atom. The van der Waals surface area contributed by atoms with E-state index in [9.17, 15) is 0 Å². The predicted octanol–water partition coefficient (Wildman–Crippen LogP) is 4.74. The summed E-state index contributed by atoms with van der Waals surface area (Å²) in [6.07, 6.45) is 2.70. The predicted molar refractivity (Wildman–Crippen MR) is 78.3 cm³/mol. The fraction of sp³-hybridized carbons (Fsp3) is 1.00. The van der Waals surface area contributed by atoms with Crippen LogP contribution < -0.4 is 0 Å². The van der Waals surface area contributed by atoms with Crippen molar-refractivity contribution in [1.29, 1.82) is 0 Å². The standard InChI is InChI=1S/C12H12Br4/c13-11(14)1-3-5-4(2-11)7-8(5)6(3)9-10(7)12(9,15)16/h3-10H,1-2H2/t3-,4+,5?,6-,7-,8?,9+,10+/m1/s1. The van der Waals surface area contributed by atoms with Crippen molar-refractivity contribution in [2.75, 3.05) is 0 Å². The molecule has 5 aliphatic carbocycles. The lowest BCUT2D eigenvalue weighted by Gasteiger charge is -2.71. The van der Waals surface area contributed by atoms with Gasteiger partial charge in [-0.15, -0.1) is 0 Å². The van der Waals surface area contributed by atoms with E-state index in [1.165, 1.54) is 12.8 Å². The summed E-state index contributed by atoms with van der Waals surface area (Å²) in [7, 11) is 0. The van der Waals surface area contributed by atoms with Gasteiger partial charge in [0.25, 0.3) is 0 Å². The van der Waals surface area contributed by atoms with Crippen LogP contribution in [0.2, 0.25) is 0 Å². The molecule has 0 spiro atoms. The van der Waals surface area contributed by atoms with Crippen molar-refractivity contribution in [3.63, 3.8) is 0 Å². The van der Waals surface area contributed by atoms with E-state index in [2.05, 4.69) is 63.7 Å². The third-order valence-electron chi connectivity index (χ3n) is 6.38. The minimum absolute atomic E-state index is 0.270. The largest absolute Gasteiger partial charge is 0.0874 e. The van der Waals surface area contributed by atoms with E-state index in [0.29, 0.717) is 3.23 Å². The smallest absolute Gasteiger partial charge is 0.0727 e. The lowest BCUT2D eigenvalue weighted by molar-refractivity contribution is -0.209. The first-order valence-electron chi connectivity index (χ1n) is 6.19. The molecular weight excluding hydrogens is 464 g/mol. The Kier molecular flexibility index (Phi) is 1.80. The highest BCUT2D eigenvalue weighted by atomic mass is 79.9. The molecule has 4 heteroatoms. The molecule has 0 heterocycles. The average Bonchev–Trinajstić information content (AvgIpc) is 2.58. The maximum atomic E-state index is 3.93. The van der Waals surface area contributed by atoms with Gasteiger partial charge >= 0.3 is 0 Å². The number of rotatable bonds is 0. The average molecular weight is 476 g/mol. The Morgan fingerprint density at radius 2 is 1.19 bits per heavy atom. The zero-order chi connectivity index (χ0) is 11.0. The normalized spacial score (nSPS) is 69.8. The fourth-order valence-electron chi connectivity index (χ4n) is 6.15. The molecule has 0 amide bonds. The molecule has 5 rings (SSSR count). The molecule has 0 aromatic carbocycles. The first kappa shape index (κ1) is 10.7. The zero-order valence-electron chi connectivity index (χ0n) is 8.54. The minimum Gasteiger partial charge on any atom is -0.0727 e. The third-order valence-corrected chi connectivity index (χ3v) is 9.79. The first-order valence-corrected chi connectivity index (χ1v) is 9.36. The van der Waals surface area contributed by atoms with E-state index >= 15 is 0 Å². The molecule has 0 saturated heterocycles. The lowest BCUT2D eigenvalue weighted by Crippen LogP contribution is -2.67. The number of hydrogen-bond acceptors (Lipinski definition) is 0. The highest BCUT2D eigenvalue weighted by Crippen LogP contribution is 2.90. The van der Waals surface area contributed by atoms with Gasteiger partial charge in [0.2, 0.25) is 0 Å². The van der Waals surface area contributed by atoms with Crippen molar-refractivity contribution in [3.05, 3.63) is 0 Å². The second-order valence-corrected chi connectivity index (χ2v) is 14.4. The van der Waals surface area contributed by atoms with Gasteiger partial charge in [-0.3, -0.25) is 0 Å². The van der Waals surface area contributed by atoms with Crippen LogP contribution in [0.1, 0.15) is 12.8 Å². The van der Waals surface area contributed by atoms with Crippen molar-refractivity contribution in [3.8, 4) is 0 Å². The molecule has 2 unspecified atom stereocenters. The van der Waals surface area contributed by atoms with Gasteiger partial charge in [-0.1, -0.05) is 63.7 Å². The summed E-state index contributed by atoms with van der Waals surface area (Å²) in [4.78, 5) is 0. The van der Waals surface area contributed by atoms with E-state index in [-0.39, 0.29) is 3.23 Å². The van der Waals surface area contributed by atoms with Crippen molar-refractivity contribution in [1.82, 2.24) is 0 Å². The lowest BCUT2D eigenvalue weighted by atomic mass is 9.36. The van der Waals surface area contributed by atoms with Crippen molar-refractivity contribution in [2.24, 2.45) is 47.3 Å². The summed E-state index contributed by atoms with van der Waals surface area (Å²) in [5.41, 5.74) is 0. The Balaban J connectivity index is 1.58. The topological polar surface area (TPSA) is 0 Å². The molecule has 0 aromatic rings. The number of fused-ring (bicyclic) bond motifs is 5. The van der Waals surface area contributed by atoms with Crippen LogP contribution in [0.4, 0.5) is 0 Å². The van der Waals surface area contributed by atoms with Crippen molar-refractivity contribution in [2.45, 2.75) is 19.3 Å². The van der Waals surface area contributed by atoms with Gasteiger partial charge < -0.3 is 0 Å².